The maximum atomic E-state index is 11.7. The zero-order valence-electron chi connectivity index (χ0n) is 9.27. The van der Waals surface area contributed by atoms with Crippen LogP contribution in [0.2, 0.25) is 0 Å². The SMILES string of the molecule is Cn1cc(NC(=O)CC2CSCCN2)cn1. The van der Waals surface area contributed by atoms with Gasteiger partial charge in [0.2, 0.25) is 5.91 Å². The molecule has 1 aliphatic heterocycles. The molecule has 2 heterocycles. The molecule has 1 aromatic rings. The molecular formula is C10H16N4OS. The Morgan fingerprint density at radius 3 is 3.31 bits per heavy atom. The topological polar surface area (TPSA) is 59.0 Å². The molecule has 2 N–H and O–H groups in total. The number of nitrogens with one attached hydrogen (secondary N) is 2. The van der Waals surface area contributed by atoms with Crippen LogP contribution in [0.25, 0.3) is 0 Å². The molecule has 88 valence electrons. The predicted molar refractivity (Wildman–Crippen MR) is 65.6 cm³/mol. The Hall–Kier alpha value is -1.01. The van der Waals surface area contributed by atoms with Crippen molar-refractivity contribution in [2.75, 3.05) is 23.4 Å². The van der Waals surface area contributed by atoms with Gasteiger partial charge in [0.15, 0.2) is 0 Å². The van der Waals surface area contributed by atoms with Crippen molar-refractivity contribution in [3.05, 3.63) is 12.4 Å². The van der Waals surface area contributed by atoms with E-state index in [9.17, 15) is 4.79 Å². The second-order valence-corrected chi connectivity index (χ2v) is 5.03. The van der Waals surface area contributed by atoms with Crippen molar-refractivity contribution in [3.63, 3.8) is 0 Å². The van der Waals surface area contributed by atoms with Crippen LogP contribution in [0.1, 0.15) is 6.42 Å². The van der Waals surface area contributed by atoms with E-state index in [0.717, 1.165) is 23.7 Å². The molecule has 2 rings (SSSR count). The third-order valence-electron chi connectivity index (χ3n) is 2.42. The Morgan fingerprint density at radius 2 is 2.69 bits per heavy atom. The van der Waals surface area contributed by atoms with E-state index in [1.165, 1.54) is 0 Å². The van der Waals surface area contributed by atoms with Crippen LogP contribution in [-0.2, 0) is 11.8 Å². The number of hydrogen-bond donors (Lipinski definition) is 2. The summed E-state index contributed by atoms with van der Waals surface area (Å²) in [6.07, 6.45) is 3.98. The lowest BCUT2D eigenvalue weighted by molar-refractivity contribution is -0.116. The van der Waals surface area contributed by atoms with E-state index in [1.807, 2.05) is 18.8 Å². The summed E-state index contributed by atoms with van der Waals surface area (Å²) in [5.74, 6) is 2.20. The minimum atomic E-state index is 0.0491. The standard InChI is InChI=1S/C10H16N4OS/c1-14-6-9(5-12-14)13-10(15)4-8-7-16-3-2-11-8/h5-6,8,11H,2-4,7H2,1H3,(H,13,15). The van der Waals surface area contributed by atoms with E-state index in [1.54, 1.807) is 17.1 Å². The first-order valence-electron chi connectivity index (χ1n) is 5.33. The van der Waals surface area contributed by atoms with Crippen LogP contribution >= 0.6 is 11.8 Å². The van der Waals surface area contributed by atoms with Gasteiger partial charge in [0.1, 0.15) is 0 Å². The molecule has 1 aromatic heterocycles. The molecular weight excluding hydrogens is 224 g/mol. The fraction of sp³-hybridized carbons (Fsp3) is 0.600. The molecule has 1 atom stereocenters. The zero-order valence-corrected chi connectivity index (χ0v) is 10.1. The summed E-state index contributed by atoms with van der Waals surface area (Å²) in [5, 5.41) is 10.2. The maximum Gasteiger partial charge on any atom is 0.226 e. The molecule has 1 unspecified atom stereocenters. The molecule has 1 aliphatic rings. The van der Waals surface area contributed by atoms with Gasteiger partial charge >= 0.3 is 0 Å². The number of amides is 1. The lowest BCUT2D eigenvalue weighted by atomic mass is 10.2. The quantitative estimate of drug-likeness (QED) is 0.805. The average Bonchev–Trinajstić information content (AvgIpc) is 2.65. The number of anilines is 1. The van der Waals surface area contributed by atoms with E-state index in [0.29, 0.717) is 12.5 Å². The first-order valence-corrected chi connectivity index (χ1v) is 6.49. The van der Waals surface area contributed by atoms with Crippen LogP contribution in [-0.4, -0.2) is 39.8 Å². The Bertz CT molecular complexity index is 359. The lowest BCUT2D eigenvalue weighted by Crippen LogP contribution is -2.39. The zero-order chi connectivity index (χ0) is 11.4. The van der Waals surface area contributed by atoms with Gasteiger partial charge in [-0.1, -0.05) is 0 Å². The number of aromatic nitrogens is 2. The van der Waals surface area contributed by atoms with Crippen molar-refractivity contribution in [3.8, 4) is 0 Å². The normalized spacial score (nSPS) is 20.7. The Morgan fingerprint density at radius 1 is 1.81 bits per heavy atom. The first kappa shape index (κ1) is 11.5. The number of nitrogens with zero attached hydrogens (tertiary/aromatic N) is 2. The minimum absolute atomic E-state index is 0.0491. The predicted octanol–water partition coefficient (Wildman–Crippen LogP) is 0.454. The highest BCUT2D eigenvalue weighted by Gasteiger charge is 2.16. The van der Waals surface area contributed by atoms with Gasteiger partial charge in [0, 0.05) is 43.8 Å². The summed E-state index contributed by atoms with van der Waals surface area (Å²) in [4.78, 5) is 11.7. The number of hydrogen-bond acceptors (Lipinski definition) is 4. The van der Waals surface area contributed by atoms with Crippen LogP contribution in [0.15, 0.2) is 12.4 Å². The number of thioether (sulfide) groups is 1. The van der Waals surface area contributed by atoms with Gasteiger partial charge in [-0.2, -0.15) is 16.9 Å². The van der Waals surface area contributed by atoms with E-state index < -0.39 is 0 Å². The molecule has 0 radical (unpaired) electrons. The molecule has 0 bridgehead atoms. The van der Waals surface area contributed by atoms with Crippen molar-refractivity contribution in [2.45, 2.75) is 12.5 Å². The maximum absolute atomic E-state index is 11.7. The van der Waals surface area contributed by atoms with Crippen molar-refractivity contribution in [2.24, 2.45) is 7.05 Å². The second kappa shape index (κ2) is 5.36. The number of carbonyl (C=O) groups is 1. The van der Waals surface area contributed by atoms with Crippen molar-refractivity contribution < 1.29 is 4.79 Å². The largest absolute Gasteiger partial charge is 0.323 e. The van der Waals surface area contributed by atoms with Gasteiger partial charge in [0.25, 0.3) is 0 Å². The summed E-state index contributed by atoms with van der Waals surface area (Å²) in [6, 6.07) is 0.301. The second-order valence-electron chi connectivity index (χ2n) is 3.88. The fourth-order valence-corrected chi connectivity index (χ4v) is 2.62. The smallest absolute Gasteiger partial charge is 0.226 e. The minimum Gasteiger partial charge on any atom is -0.323 e. The Kier molecular flexibility index (Phi) is 3.84. The van der Waals surface area contributed by atoms with Gasteiger partial charge in [-0.25, -0.2) is 0 Å². The average molecular weight is 240 g/mol. The molecule has 0 aromatic carbocycles. The van der Waals surface area contributed by atoms with Crippen LogP contribution < -0.4 is 10.6 Å². The summed E-state index contributed by atoms with van der Waals surface area (Å²) >= 11 is 1.90. The van der Waals surface area contributed by atoms with Gasteiger partial charge in [-0.3, -0.25) is 9.48 Å². The molecule has 1 amide bonds. The van der Waals surface area contributed by atoms with E-state index in [-0.39, 0.29) is 5.91 Å². The summed E-state index contributed by atoms with van der Waals surface area (Å²) in [7, 11) is 1.83. The molecule has 1 fully saturated rings. The highest BCUT2D eigenvalue weighted by Crippen LogP contribution is 2.11. The van der Waals surface area contributed by atoms with Crippen LogP contribution in [0, 0.1) is 0 Å². The van der Waals surface area contributed by atoms with E-state index in [4.69, 9.17) is 0 Å². The molecule has 0 aliphatic carbocycles. The van der Waals surface area contributed by atoms with Crippen molar-refractivity contribution in [1.82, 2.24) is 15.1 Å². The van der Waals surface area contributed by atoms with Crippen molar-refractivity contribution in [1.29, 1.82) is 0 Å². The summed E-state index contributed by atoms with van der Waals surface area (Å²) in [5.41, 5.74) is 0.760. The molecule has 5 nitrogen and oxygen atoms in total. The molecule has 1 saturated heterocycles. The van der Waals surface area contributed by atoms with E-state index in [2.05, 4.69) is 15.7 Å². The highest BCUT2D eigenvalue weighted by molar-refractivity contribution is 7.99. The molecule has 0 saturated carbocycles. The van der Waals surface area contributed by atoms with Gasteiger partial charge in [-0.05, 0) is 0 Å². The summed E-state index contributed by atoms with van der Waals surface area (Å²) in [6.45, 7) is 0.996. The van der Waals surface area contributed by atoms with Crippen LogP contribution in [0.4, 0.5) is 5.69 Å². The third kappa shape index (κ3) is 3.24. The highest BCUT2D eigenvalue weighted by atomic mass is 32.2. The third-order valence-corrected chi connectivity index (χ3v) is 3.55. The fourth-order valence-electron chi connectivity index (χ4n) is 1.67. The molecule has 0 spiro atoms. The van der Waals surface area contributed by atoms with Gasteiger partial charge < -0.3 is 10.6 Å². The number of aryl methyl sites for hydroxylation is 1. The number of carbonyl (C=O) groups excluding carboxylic acids is 1. The lowest BCUT2D eigenvalue weighted by Gasteiger charge is -2.22. The molecule has 16 heavy (non-hydrogen) atoms. The monoisotopic (exact) mass is 240 g/mol. The Balaban J connectivity index is 1.79. The first-order chi connectivity index (χ1) is 7.74. The number of rotatable bonds is 3. The summed E-state index contributed by atoms with van der Waals surface area (Å²) < 4.78 is 1.67. The molecule has 6 heteroatoms. The van der Waals surface area contributed by atoms with Gasteiger partial charge in [-0.15, -0.1) is 0 Å². The van der Waals surface area contributed by atoms with Crippen molar-refractivity contribution >= 4 is 23.4 Å². The van der Waals surface area contributed by atoms with Crippen LogP contribution in [0.5, 0.6) is 0 Å². The van der Waals surface area contributed by atoms with E-state index >= 15 is 0 Å². The van der Waals surface area contributed by atoms with Gasteiger partial charge in [0.05, 0.1) is 11.9 Å². The Labute approximate surface area is 99.0 Å². The van der Waals surface area contributed by atoms with Crippen LogP contribution in [0.3, 0.4) is 0 Å².